The summed E-state index contributed by atoms with van der Waals surface area (Å²) in [7, 11) is 0. The quantitative estimate of drug-likeness (QED) is 0.545. The first-order valence-electron chi connectivity index (χ1n) is 5.27. The first-order chi connectivity index (χ1) is 8.20. The topological polar surface area (TPSA) is 23.8 Å². The summed E-state index contributed by atoms with van der Waals surface area (Å²) in [6, 6.07) is 12.0. The minimum atomic E-state index is 0.560. The molecule has 0 saturated heterocycles. The molecule has 1 heteroatoms. The third-order valence-corrected chi connectivity index (χ3v) is 1.64. The summed E-state index contributed by atoms with van der Waals surface area (Å²) in [5.74, 6) is 0. The summed E-state index contributed by atoms with van der Waals surface area (Å²) in [6.07, 6.45) is 9.67. The fourth-order valence-corrected chi connectivity index (χ4v) is 0.874. The van der Waals surface area contributed by atoms with Crippen LogP contribution < -0.4 is 0 Å². The second-order valence-electron chi connectivity index (χ2n) is 3.28. The number of hydrogen-bond acceptors (Lipinski definition) is 1. The average molecular weight is 223 g/mol. The van der Waals surface area contributed by atoms with Gasteiger partial charge in [0.2, 0.25) is 0 Å². The molecule has 0 saturated carbocycles. The Balaban J connectivity index is 0.000000437. The third-order valence-electron chi connectivity index (χ3n) is 1.64. The SMILES string of the molecule is C=C(C)C#N.C=CC=CC=Cc1ccccc1. The maximum atomic E-state index is 7.79. The number of hydrogen-bond donors (Lipinski definition) is 0. The molecular formula is C16H17N. The largest absolute Gasteiger partial charge is 0.193 e. The van der Waals surface area contributed by atoms with Crippen molar-refractivity contribution >= 4 is 6.08 Å². The van der Waals surface area contributed by atoms with Gasteiger partial charge < -0.3 is 0 Å². The van der Waals surface area contributed by atoms with Gasteiger partial charge in [0.15, 0.2) is 0 Å². The van der Waals surface area contributed by atoms with E-state index in [0.29, 0.717) is 5.57 Å². The Kier molecular flexibility index (Phi) is 8.80. The van der Waals surface area contributed by atoms with Crippen molar-refractivity contribution in [3.05, 3.63) is 78.9 Å². The van der Waals surface area contributed by atoms with Crippen molar-refractivity contribution in [2.75, 3.05) is 0 Å². The molecule has 0 amide bonds. The number of rotatable bonds is 3. The van der Waals surface area contributed by atoms with E-state index >= 15 is 0 Å². The highest BCUT2D eigenvalue weighted by atomic mass is 14.2. The fourth-order valence-electron chi connectivity index (χ4n) is 0.874. The van der Waals surface area contributed by atoms with Gasteiger partial charge in [0, 0.05) is 5.57 Å². The number of nitrogens with zero attached hydrogens (tertiary/aromatic N) is 1. The Hall–Kier alpha value is -2.33. The molecule has 1 rings (SSSR count). The van der Waals surface area contributed by atoms with Crippen LogP contribution in [0.3, 0.4) is 0 Å². The Labute approximate surface area is 104 Å². The molecule has 0 unspecified atom stereocenters. The van der Waals surface area contributed by atoms with E-state index < -0.39 is 0 Å². The third kappa shape index (κ3) is 9.96. The number of nitriles is 1. The monoisotopic (exact) mass is 223 g/mol. The van der Waals surface area contributed by atoms with Gasteiger partial charge in [0.25, 0.3) is 0 Å². The second-order valence-corrected chi connectivity index (χ2v) is 3.28. The van der Waals surface area contributed by atoms with Crippen LogP contribution in [0.4, 0.5) is 0 Å². The molecule has 17 heavy (non-hydrogen) atoms. The van der Waals surface area contributed by atoms with Crippen molar-refractivity contribution in [2.45, 2.75) is 6.92 Å². The molecule has 0 aromatic heterocycles. The normalized spacial score (nSPS) is 9.41. The molecule has 0 bridgehead atoms. The van der Waals surface area contributed by atoms with Gasteiger partial charge >= 0.3 is 0 Å². The van der Waals surface area contributed by atoms with Crippen LogP contribution in [0.2, 0.25) is 0 Å². The molecule has 0 atom stereocenters. The van der Waals surface area contributed by atoms with Gasteiger partial charge in [-0.3, -0.25) is 0 Å². The Morgan fingerprint density at radius 1 is 1.18 bits per heavy atom. The lowest BCUT2D eigenvalue weighted by molar-refractivity contribution is 1.46. The van der Waals surface area contributed by atoms with E-state index in [4.69, 9.17) is 5.26 Å². The summed E-state index contributed by atoms with van der Waals surface area (Å²) in [5.41, 5.74) is 1.77. The molecule has 0 spiro atoms. The van der Waals surface area contributed by atoms with E-state index in [2.05, 4.69) is 31.4 Å². The summed E-state index contributed by atoms with van der Waals surface area (Å²) < 4.78 is 0. The van der Waals surface area contributed by atoms with Crippen LogP contribution in [0.15, 0.2) is 73.4 Å². The van der Waals surface area contributed by atoms with Crippen molar-refractivity contribution < 1.29 is 0 Å². The molecule has 0 fully saturated rings. The Bertz CT molecular complexity index is 430. The Morgan fingerprint density at radius 3 is 2.24 bits per heavy atom. The van der Waals surface area contributed by atoms with Crippen molar-refractivity contribution in [3.63, 3.8) is 0 Å². The first kappa shape index (κ1) is 14.7. The van der Waals surface area contributed by atoms with E-state index in [1.54, 1.807) is 13.0 Å². The molecule has 0 N–H and O–H groups in total. The van der Waals surface area contributed by atoms with Crippen LogP contribution in [0.5, 0.6) is 0 Å². The summed E-state index contributed by atoms with van der Waals surface area (Å²) in [6.45, 7) is 8.56. The zero-order valence-corrected chi connectivity index (χ0v) is 10.1. The fraction of sp³-hybridized carbons (Fsp3) is 0.0625. The highest BCUT2D eigenvalue weighted by Crippen LogP contribution is 2.00. The minimum Gasteiger partial charge on any atom is -0.193 e. The van der Waals surface area contributed by atoms with Crippen LogP contribution >= 0.6 is 0 Å². The van der Waals surface area contributed by atoms with E-state index in [1.807, 2.05) is 42.5 Å². The van der Waals surface area contributed by atoms with Gasteiger partial charge in [0.1, 0.15) is 0 Å². The lowest BCUT2D eigenvalue weighted by atomic mass is 10.2. The maximum absolute atomic E-state index is 7.79. The smallest absolute Gasteiger partial charge is 0.0937 e. The number of benzene rings is 1. The minimum absolute atomic E-state index is 0.560. The molecule has 0 aliphatic heterocycles. The van der Waals surface area contributed by atoms with Gasteiger partial charge in [-0.05, 0) is 12.5 Å². The van der Waals surface area contributed by atoms with Gasteiger partial charge in [-0.15, -0.1) is 0 Å². The molecule has 86 valence electrons. The van der Waals surface area contributed by atoms with Gasteiger partial charge in [-0.2, -0.15) is 5.26 Å². The molecule has 0 radical (unpaired) electrons. The van der Waals surface area contributed by atoms with E-state index in [1.165, 1.54) is 5.56 Å². The van der Waals surface area contributed by atoms with Crippen LogP contribution in [0.25, 0.3) is 6.08 Å². The lowest BCUT2D eigenvalue weighted by Gasteiger charge is -1.87. The van der Waals surface area contributed by atoms with Crippen LogP contribution in [-0.2, 0) is 0 Å². The maximum Gasteiger partial charge on any atom is 0.0937 e. The van der Waals surface area contributed by atoms with E-state index in [0.717, 1.165) is 0 Å². The zero-order valence-electron chi connectivity index (χ0n) is 10.1. The van der Waals surface area contributed by atoms with Crippen molar-refractivity contribution in [3.8, 4) is 6.07 Å². The molecule has 0 aliphatic carbocycles. The van der Waals surface area contributed by atoms with E-state index in [9.17, 15) is 0 Å². The summed E-state index contributed by atoms with van der Waals surface area (Å²) in [5, 5.41) is 7.79. The van der Waals surface area contributed by atoms with Crippen molar-refractivity contribution in [1.29, 1.82) is 5.26 Å². The summed E-state index contributed by atoms with van der Waals surface area (Å²) in [4.78, 5) is 0. The molecule has 1 nitrogen and oxygen atoms in total. The van der Waals surface area contributed by atoms with Crippen LogP contribution in [0, 0.1) is 11.3 Å². The summed E-state index contributed by atoms with van der Waals surface area (Å²) >= 11 is 0. The second kappa shape index (κ2) is 10.2. The van der Waals surface area contributed by atoms with Crippen LogP contribution in [-0.4, -0.2) is 0 Å². The average Bonchev–Trinajstić information content (AvgIpc) is 2.37. The zero-order chi connectivity index (χ0) is 12.9. The van der Waals surface area contributed by atoms with Gasteiger partial charge in [0.05, 0.1) is 6.07 Å². The molecule has 1 aromatic rings. The molecular weight excluding hydrogens is 206 g/mol. The molecule has 1 aromatic carbocycles. The van der Waals surface area contributed by atoms with Gasteiger partial charge in [-0.1, -0.05) is 73.9 Å². The number of allylic oxidation sites excluding steroid dienone is 5. The van der Waals surface area contributed by atoms with Crippen molar-refractivity contribution in [2.24, 2.45) is 0 Å². The predicted molar refractivity (Wildman–Crippen MR) is 75.2 cm³/mol. The highest BCUT2D eigenvalue weighted by Gasteiger charge is 1.78. The van der Waals surface area contributed by atoms with Crippen molar-refractivity contribution in [1.82, 2.24) is 0 Å². The standard InChI is InChI=1S/C12H12.C4H5N/c1-2-3-4-6-9-12-10-7-5-8-11-12;1-4(2)3-5/h2-11H,1H2;1H2,2H3. The predicted octanol–water partition coefficient (Wildman–Crippen LogP) is 4.53. The lowest BCUT2D eigenvalue weighted by Crippen LogP contribution is -1.66. The van der Waals surface area contributed by atoms with E-state index in [-0.39, 0.29) is 0 Å². The first-order valence-corrected chi connectivity index (χ1v) is 5.27. The molecule has 0 heterocycles. The highest BCUT2D eigenvalue weighted by molar-refractivity contribution is 5.50. The molecule has 0 aliphatic rings. The Morgan fingerprint density at radius 2 is 1.76 bits per heavy atom. The van der Waals surface area contributed by atoms with Crippen LogP contribution in [0.1, 0.15) is 12.5 Å². The van der Waals surface area contributed by atoms with Gasteiger partial charge in [-0.25, -0.2) is 0 Å².